The van der Waals surface area contributed by atoms with Crippen molar-refractivity contribution in [2.75, 3.05) is 25.7 Å². The number of methoxy groups -OCH3 is 2. The van der Waals surface area contributed by atoms with Crippen LogP contribution in [0, 0.1) is 23.7 Å². The molecule has 2 aliphatic carbocycles. The molecule has 2 bridgehead atoms. The summed E-state index contributed by atoms with van der Waals surface area (Å²) in [5.74, 6) is -0.712. The number of nitrogens with zero attached hydrogens (tertiary/aromatic N) is 1. The van der Waals surface area contributed by atoms with Crippen molar-refractivity contribution in [1.82, 2.24) is 0 Å². The molecule has 0 radical (unpaired) electrons. The van der Waals surface area contributed by atoms with Gasteiger partial charge in [0.25, 0.3) is 0 Å². The van der Waals surface area contributed by atoms with Crippen LogP contribution in [0.5, 0.6) is 11.5 Å². The molecule has 0 aromatic heterocycles. The summed E-state index contributed by atoms with van der Waals surface area (Å²) in [5.41, 5.74) is 4.93. The minimum absolute atomic E-state index is 0.200. The summed E-state index contributed by atoms with van der Waals surface area (Å²) >= 11 is 0. The predicted octanol–water partition coefficient (Wildman–Crippen LogP) is 5.30. The first-order chi connectivity index (χ1) is 19.5. The zero-order chi connectivity index (χ0) is 28.0. The number of imide groups is 1. The summed E-state index contributed by atoms with van der Waals surface area (Å²) in [6.45, 7) is 2.01. The predicted molar refractivity (Wildman–Crippen MR) is 150 cm³/mol. The molecule has 40 heavy (non-hydrogen) atoms. The second-order valence-electron chi connectivity index (χ2n) is 10.1. The number of carbonyl (C=O) groups excluding carboxylic acids is 3. The molecule has 1 saturated heterocycles. The summed E-state index contributed by atoms with van der Waals surface area (Å²) in [5, 5.41) is 0. The van der Waals surface area contributed by atoms with E-state index in [1.165, 1.54) is 4.90 Å². The third-order valence-corrected chi connectivity index (χ3v) is 8.10. The van der Waals surface area contributed by atoms with E-state index in [2.05, 4.69) is 12.2 Å². The Morgan fingerprint density at radius 1 is 0.700 bits per heavy atom. The van der Waals surface area contributed by atoms with Gasteiger partial charge in [-0.25, -0.2) is 9.69 Å². The van der Waals surface area contributed by atoms with E-state index in [4.69, 9.17) is 14.2 Å². The first kappa shape index (κ1) is 25.6. The zero-order valence-electron chi connectivity index (χ0n) is 22.5. The molecule has 0 unspecified atom stereocenters. The Balaban J connectivity index is 1.39. The van der Waals surface area contributed by atoms with Crippen LogP contribution in [-0.4, -0.2) is 38.6 Å². The van der Waals surface area contributed by atoms with E-state index in [1.54, 1.807) is 45.4 Å². The summed E-state index contributed by atoms with van der Waals surface area (Å²) < 4.78 is 15.8. The van der Waals surface area contributed by atoms with Crippen LogP contribution < -0.4 is 14.4 Å². The van der Waals surface area contributed by atoms with Gasteiger partial charge in [0.2, 0.25) is 11.8 Å². The molecule has 0 N–H and O–H groups in total. The van der Waals surface area contributed by atoms with Crippen LogP contribution in [0.15, 0.2) is 90.5 Å². The van der Waals surface area contributed by atoms with Gasteiger partial charge in [-0.2, -0.15) is 0 Å². The van der Waals surface area contributed by atoms with Crippen molar-refractivity contribution < 1.29 is 28.6 Å². The van der Waals surface area contributed by atoms with Crippen molar-refractivity contribution in [3.8, 4) is 11.5 Å². The molecule has 3 aromatic rings. The van der Waals surface area contributed by atoms with Crippen LogP contribution in [-0.2, 0) is 14.3 Å². The molecular weight excluding hydrogens is 506 g/mol. The van der Waals surface area contributed by atoms with Gasteiger partial charge in [0, 0.05) is 11.8 Å². The fourth-order valence-electron chi connectivity index (χ4n) is 6.33. The Bertz CT molecular complexity index is 1450. The highest BCUT2D eigenvalue weighted by molar-refractivity contribution is 6.23. The lowest BCUT2D eigenvalue weighted by Crippen LogP contribution is -2.33. The van der Waals surface area contributed by atoms with Gasteiger partial charge in [0.15, 0.2) is 0 Å². The van der Waals surface area contributed by atoms with Gasteiger partial charge in [-0.15, -0.1) is 0 Å². The monoisotopic (exact) mass is 535 g/mol. The smallest absolute Gasteiger partial charge is 0.338 e. The van der Waals surface area contributed by atoms with E-state index in [0.29, 0.717) is 11.3 Å². The first-order valence-electron chi connectivity index (χ1n) is 13.3. The topological polar surface area (TPSA) is 82.1 Å². The summed E-state index contributed by atoms with van der Waals surface area (Å²) in [6.07, 6.45) is 4.15. The Kier molecular flexibility index (Phi) is 6.50. The maximum absolute atomic E-state index is 13.8. The third kappa shape index (κ3) is 4.01. The van der Waals surface area contributed by atoms with Crippen LogP contribution >= 0.6 is 0 Å². The van der Waals surface area contributed by atoms with Gasteiger partial charge in [-0.1, -0.05) is 36.4 Å². The lowest BCUT2D eigenvalue weighted by molar-refractivity contribution is -0.122. The van der Waals surface area contributed by atoms with E-state index in [9.17, 15) is 14.4 Å². The SMILES string of the molecule is CCOC(=O)c1ccc(N2C(=O)[C@@H]3[C@@H](C2=O)[C@H]2C=C[C@H]3C2=C(c2ccc(OC)cc2)c2ccc(OC)cc2)cc1. The number of amides is 2. The standard InChI is InChI=1S/C33H29NO6/c1-4-40-33(37)21-5-11-22(12-6-21)34-31(35)29-25-17-18-26(30(29)32(34)36)28(25)27(19-7-13-23(38-2)14-8-19)20-9-15-24(39-3)16-10-20/h5-18,25-26,29-30H,4H2,1-3H3/t25-,26-,29-,30-/m0/s1. The molecule has 7 nitrogen and oxygen atoms in total. The number of hydrogen-bond acceptors (Lipinski definition) is 6. The van der Waals surface area contributed by atoms with E-state index >= 15 is 0 Å². The van der Waals surface area contributed by atoms with E-state index in [-0.39, 0.29) is 30.3 Å². The van der Waals surface area contributed by atoms with Crippen molar-refractivity contribution in [3.63, 3.8) is 0 Å². The van der Waals surface area contributed by atoms with Gasteiger partial charge in [-0.3, -0.25) is 9.59 Å². The molecule has 3 aromatic carbocycles. The van der Waals surface area contributed by atoms with Crippen molar-refractivity contribution >= 4 is 29.0 Å². The van der Waals surface area contributed by atoms with Crippen LogP contribution in [0.3, 0.4) is 0 Å². The number of carbonyl (C=O) groups is 3. The molecule has 6 rings (SSSR count). The van der Waals surface area contributed by atoms with Crippen LogP contribution in [0.25, 0.3) is 5.57 Å². The summed E-state index contributed by atoms with van der Waals surface area (Å²) in [7, 11) is 3.26. The maximum atomic E-state index is 13.8. The van der Waals surface area contributed by atoms with E-state index in [1.807, 2.05) is 48.5 Å². The quantitative estimate of drug-likeness (QED) is 0.232. The summed E-state index contributed by atoms with van der Waals surface area (Å²) in [6, 6.07) is 22.2. The lowest BCUT2D eigenvalue weighted by Gasteiger charge is -2.22. The molecule has 3 aliphatic rings. The fraction of sp³-hybridized carbons (Fsp3) is 0.242. The molecular formula is C33H29NO6. The molecule has 202 valence electrons. The number of fused-ring (bicyclic) bond motifs is 5. The van der Waals surface area contributed by atoms with Crippen molar-refractivity contribution in [1.29, 1.82) is 0 Å². The number of hydrogen-bond donors (Lipinski definition) is 0. The number of anilines is 1. The van der Waals surface area contributed by atoms with Gasteiger partial charge >= 0.3 is 5.97 Å². The molecule has 2 amide bonds. The molecule has 0 spiro atoms. The zero-order valence-corrected chi connectivity index (χ0v) is 22.5. The van der Waals surface area contributed by atoms with Crippen LogP contribution in [0.1, 0.15) is 28.4 Å². The van der Waals surface area contributed by atoms with Crippen LogP contribution in [0.4, 0.5) is 5.69 Å². The Hall–Kier alpha value is -4.65. The highest BCUT2D eigenvalue weighted by Crippen LogP contribution is 2.59. The summed E-state index contributed by atoms with van der Waals surface area (Å²) in [4.78, 5) is 41.0. The van der Waals surface area contributed by atoms with E-state index < -0.39 is 17.8 Å². The number of esters is 1. The highest BCUT2D eigenvalue weighted by atomic mass is 16.5. The molecule has 1 saturated carbocycles. The average molecular weight is 536 g/mol. The van der Waals surface area contributed by atoms with Crippen molar-refractivity contribution in [3.05, 3.63) is 107 Å². The highest BCUT2D eigenvalue weighted by Gasteiger charge is 2.62. The number of rotatable bonds is 7. The minimum atomic E-state index is -0.478. The van der Waals surface area contributed by atoms with Crippen LogP contribution in [0.2, 0.25) is 0 Å². The number of benzene rings is 3. The number of allylic oxidation sites excluding steroid dienone is 3. The molecule has 2 fully saturated rings. The molecule has 4 atom stereocenters. The number of ether oxygens (including phenoxy) is 3. The largest absolute Gasteiger partial charge is 0.497 e. The van der Waals surface area contributed by atoms with Gasteiger partial charge < -0.3 is 14.2 Å². The molecule has 7 heteroatoms. The fourth-order valence-corrected chi connectivity index (χ4v) is 6.33. The van der Waals surface area contributed by atoms with Crippen molar-refractivity contribution in [2.45, 2.75) is 6.92 Å². The Morgan fingerprint density at radius 2 is 1.15 bits per heavy atom. The molecule has 1 aliphatic heterocycles. The maximum Gasteiger partial charge on any atom is 0.338 e. The second-order valence-corrected chi connectivity index (χ2v) is 10.1. The van der Waals surface area contributed by atoms with Gasteiger partial charge in [0.1, 0.15) is 11.5 Å². The van der Waals surface area contributed by atoms with Crippen molar-refractivity contribution in [2.24, 2.45) is 23.7 Å². The Labute approximate surface area is 232 Å². The second kappa shape index (κ2) is 10.2. The molecule has 1 heterocycles. The average Bonchev–Trinajstić information content (AvgIpc) is 3.62. The minimum Gasteiger partial charge on any atom is -0.497 e. The van der Waals surface area contributed by atoms with Gasteiger partial charge in [-0.05, 0) is 77.7 Å². The lowest BCUT2D eigenvalue weighted by atomic mass is 9.85. The normalized spacial score (nSPS) is 22.5. The first-order valence-corrected chi connectivity index (χ1v) is 13.3. The van der Waals surface area contributed by atoms with Gasteiger partial charge in [0.05, 0.1) is 43.9 Å². The Morgan fingerprint density at radius 3 is 1.57 bits per heavy atom. The van der Waals surface area contributed by atoms with E-state index in [0.717, 1.165) is 33.8 Å². The third-order valence-electron chi connectivity index (χ3n) is 8.10.